The van der Waals surface area contributed by atoms with E-state index in [9.17, 15) is 5.11 Å². The number of phenols is 1. The van der Waals surface area contributed by atoms with Crippen molar-refractivity contribution >= 4 is 28.2 Å². The first kappa shape index (κ1) is 15.8. The average molecular weight is 377 g/mol. The van der Waals surface area contributed by atoms with E-state index < -0.39 is 0 Å². The van der Waals surface area contributed by atoms with E-state index in [-0.39, 0.29) is 5.75 Å². The molecule has 0 fully saturated rings. The Labute approximate surface area is 158 Å². The van der Waals surface area contributed by atoms with Gasteiger partial charge in [0.05, 0.1) is 28.7 Å². The zero-order valence-corrected chi connectivity index (χ0v) is 15.0. The topological polar surface area (TPSA) is 81.1 Å². The van der Waals surface area contributed by atoms with E-state index in [0.29, 0.717) is 10.7 Å². The van der Waals surface area contributed by atoms with Crippen LogP contribution in [0.2, 0.25) is 5.02 Å². The average Bonchev–Trinajstić information content (AvgIpc) is 3.25. The van der Waals surface area contributed by atoms with Gasteiger partial charge in [-0.2, -0.15) is 10.2 Å². The van der Waals surface area contributed by atoms with Crippen molar-refractivity contribution in [1.82, 2.24) is 29.4 Å². The number of hydrogen-bond acceptors (Lipinski definition) is 5. The van der Waals surface area contributed by atoms with Gasteiger partial charge in [0.2, 0.25) is 0 Å². The van der Waals surface area contributed by atoms with Gasteiger partial charge >= 0.3 is 0 Å². The lowest BCUT2D eigenvalue weighted by molar-refractivity contribution is 0.471. The third-order valence-corrected chi connectivity index (χ3v) is 4.71. The number of aromatic nitrogens is 6. The van der Waals surface area contributed by atoms with E-state index in [0.717, 1.165) is 33.5 Å². The smallest absolute Gasteiger partial charge is 0.164 e. The Hall–Kier alpha value is -3.45. The largest absolute Gasteiger partial charge is 0.506 e. The highest BCUT2D eigenvalue weighted by atomic mass is 35.5. The van der Waals surface area contributed by atoms with E-state index in [1.807, 2.05) is 25.3 Å². The van der Waals surface area contributed by atoms with Crippen LogP contribution >= 0.6 is 11.6 Å². The molecular weight excluding hydrogens is 364 g/mol. The van der Waals surface area contributed by atoms with Gasteiger partial charge in [0.15, 0.2) is 5.65 Å². The molecule has 0 unspecified atom stereocenters. The Morgan fingerprint density at radius 1 is 1.11 bits per heavy atom. The third kappa shape index (κ3) is 2.43. The zero-order chi connectivity index (χ0) is 18.5. The first-order valence-corrected chi connectivity index (χ1v) is 8.62. The van der Waals surface area contributed by atoms with Crippen molar-refractivity contribution < 1.29 is 5.11 Å². The Balaban J connectivity index is 1.77. The minimum atomic E-state index is 0.0970. The molecule has 5 rings (SSSR count). The highest BCUT2D eigenvalue weighted by molar-refractivity contribution is 6.30. The first-order chi connectivity index (χ1) is 13.1. The third-order valence-electron chi connectivity index (χ3n) is 4.47. The molecule has 0 amide bonds. The molecule has 4 aromatic heterocycles. The molecular formula is C19H13ClN6O. The molecule has 0 bridgehead atoms. The maximum atomic E-state index is 10.3. The number of benzene rings is 1. The monoisotopic (exact) mass is 376 g/mol. The summed E-state index contributed by atoms with van der Waals surface area (Å²) in [6.07, 6.45) is 7.07. The molecule has 7 nitrogen and oxygen atoms in total. The van der Waals surface area contributed by atoms with Crippen molar-refractivity contribution in [1.29, 1.82) is 0 Å². The summed E-state index contributed by atoms with van der Waals surface area (Å²) in [5.74, 6) is 0.0970. The molecule has 8 heteroatoms. The molecule has 0 aliphatic rings. The lowest BCUT2D eigenvalue weighted by Crippen LogP contribution is -1.97. The minimum absolute atomic E-state index is 0.0970. The van der Waals surface area contributed by atoms with E-state index in [2.05, 4.69) is 20.2 Å². The van der Waals surface area contributed by atoms with E-state index in [1.165, 1.54) is 0 Å². The van der Waals surface area contributed by atoms with Gasteiger partial charge in [-0.3, -0.25) is 4.98 Å². The Bertz CT molecular complexity index is 1320. The minimum Gasteiger partial charge on any atom is -0.506 e. The molecule has 132 valence electrons. The maximum Gasteiger partial charge on any atom is 0.164 e. The van der Waals surface area contributed by atoms with Crippen LogP contribution in [0.15, 0.2) is 55.1 Å². The molecule has 0 spiro atoms. The molecule has 27 heavy (non-hydrogen) atoms. The van der Waals surface area contributed by atoms with Crippen LogP contribution in [0.4, 0.5) is 0 Å². The number of aryl methyl sites for hydroxylation is 1. The fraction of sp³-hybridized carbons (Fsp3) is 0.0526. The Morgan fingerprint density at radius 2 is 2.00 bits per heavy atom. The summed E-state index contributed by atoms with van der Waals surface area (Å²) in [6, 6.07) is 8.61. The van der Waals surface area contributed by atoms with Gasteiger partial charge in [-0.05, 0) is 37.3 Å². The van der Waals surface area contributed by atoms with Gasteiger partial charge in [-0.1, -0.05) is 11.6 Å². The summed E-state index contributed by atoms with van der Waals surface area (Å²) in [5.41, 5.74) is 4.39. The molecule has 0 aliphatic heterocycles. The maximum absolute atomic E-state index is 10.3. The second kappa shape index (κ2) is 5.78. The fourth-order valence-corrected chi connectivity index (χ4v) is 3.33. The molecule has 0 radical (unpaired) electrons. The normalized spacial score (nSPS) is 11.5. The highest BCUT2D eigenvalue weighted by Crippen LogP contribution is 2.31. The molecule has 0 saturated heterocycles. The number of hydrogen-bond donors (Lipinski definition) is 1. The lowest BCUT2D eigenvalue weighted by Gasteiger charge is -2.07. The second-order valence-corrected chi connectivity index (χ2v) is 6.60. The number of rotatable bonds is 2. The fourth-order valence-electron chi connectivity index (χ4n) is 3.16. The van der Waals surface area contributed by atoms with Crippen molar-refractivity contribution in [2.45, 2.75) is 6.92 Å². The van der Waals surface area contributed by atoms with Gasteiger partial charge in [-0.25, -0.2) is 14.2 Å². The van der Waals surface area contributed by atoms with Crippen LogP contribution in [0.3, 0.4) is 0 Å². The second-order valence-electron chi connectivity index (χ2n) is 6.16. The van der Waals surface area contributed by atoms with Crippen LogP contribution < -0.4 is 0 Å². The van der Waals surface area contributed by atoms with Crippen LogP contribution in [0.25, 0.3) is 33.5 Å². The summed E-state index contributed by atoms with van der Waals surface area (Å²) >= 11 is 6.12. The molecule has 1 aromatic carbocycles. The Kier molecular flexibility index (Phi) is 3.38. The van der Waals surface area contributed by atoms with Crippen molar-refractivity contribution in [3.05, 3.63) is 65.8 Å². The number of fused-ring (bicyclic) bond motifs is 2. The van der Waals surface area contributed by atoms with E-state index >= 15 is 0 Å². The molecule has 1 N–H and O–H groups in total. The number of aromatic hydroxyl groups is 1. The first-order valence-electron chi connectivity index (χ1n) is 8.25. The Morgan fingerprint density at radius 3 is 2.89 bits per heavy atom. The number of pyridine rings is 1. The summed E-state index contributed by atoms with van der Waals surface area (Å²) in [7, 11) is 0. The van der Waals surface area contributed by atoms with Crippen molar-refractivity contribution in [2.75, 3.05) is 0 Å². The molecule has 4 heterocycles. The standard InChI is InChI=1S/C19H13ClN6O/c1-11-13-9-22-15(14-10-23-25-6-2-5-21-19(14)25)8-16(13)26(24-11)17-7-12(20)3-4-18(17)27/h2-10,27H,1H3. The number of halogens is 1. The number of phenolic OH excluding ortho intramolecular Hbond substituents is 1. The quantitative estimate of drug-likeness (QED) is 0.507. The number of nitrogens with zero attached hydrogens (tertiary/aromatic N) is 6. The highest BCUT2D eigenvalue weighted by Gasteiger charge is 2.16. The van der Waals surface area contributed by atoms with Gasteiger partial charge < -0.3 is 5.11 Å². The molecule has 0 saturated carbocycles. The lowest BCUT2D eigenvalue weighted by atomic mass is 10.1. The van der Waals surface area contributed by atoms with Gasteiger partial charge in [0, 0.05) is 29.0 Å². The van der Waals surface area contributed by atoms with Crippen molar-refractivity contribution in [3.63, 3.8) is 0 Å². The molecule has 0 atom stereocenters. The van der Waals surface area contributed by atoms with Gasteiger partial charge in [0.1, 0.15) is 11.4 Å². The van der Waals surface area contributed by atoms with Crippen LogP contribution in [-0.2, 0) is 0 Å². The summed E-state index contributed by atoms with van der Waals surface area (Å²) < 4.78 is 3.38. The predicted molar refractivity (Wildman–Crippen MR) is 102 cm³/mol. The van der Waals surface area contributed by atoms with E-state index in [1.54, 1.807) is 46.0 Å². The van der Waals surface area contributed by atoms with Crippen LogP contribution in [0, 0.1) is 6.92 Å². The SMILES string of the molecule is Cc1nn(-c2cc(Cl)ccc2O)c2cc(-c3cnn4cccnc34)ncc12. The van der Waals surface area contributed by atoms with E-state index in [4.69, 9.17) is 11.6 Å². The van der Waals surface area contributed by atoms with Crippen LogP contribution in [0.1, 0.15) is 5.69 Å². The molecule has 0 aliphatic carbocycles. The van der Waals surface area contributed by atoms with Crippen LogP contribution in [-0.4, -0.2) is 34.5 Å². The van der Waals surface area contributed by atoms with Crippen molar-refractivity contribution in [2.24, 2.45) is 0 Å². The molecule has 5 aromatic rings. The summed E-state index contributed by atoms with van der Waals surface area (Å²) in [4.78, 5) is 8.96. The summed E-state index contributed by atoms with van der Waals surface area (Å²) in [6.45, 7) is 1.90. The van der Waals surface area contributed by atoms with Crippen LogP contribution in [0.5, 0.6) is 5.75 Å². The zero-order valence-electron chi connectivity index (χ0n) is 14.2. The predicted octanol–water partition coefficient (Wildman–Crippen LogP) is 3.80. The van der Waals surface area contributed by atoms with Gasteiger partial charge in [0.25, 0.3) is 0 Å². The summed E-state index contributed by atoms with van der Waals surface area (Å²) in [5, 5.41) is 20.6. The van der Waals surface area contributed by atoms with Gasteiger partial charge in [-0.15, -0.1) is 0 Å². The van der Waals surface area contributed by atoms with Crippen molar-refractivity contribution in [3.8, 4) is 22.7 Å².